The number of hydrogen-bond acceptors (Lipinski definition) is 2. The fourth-order valence-corrected chi connectivity index (χ4v) is 5.71. The SMILES string of the molecule is FC(F)(F)c1ccc(C#Cc2ccc3ccc4c(c3c2)-c2c(ccc3ccc(C#Cc5ccc(C(F)(F)F)cc5)cc23)OCCCO4)cc1. The molecule has 1 heterocycles. The van der Waals surface area contributed by atoms with E-state index in [0.717, 1.165) is 56.9 Å². The van der Waals surface area contributed by atoms with Gasteiger partial charge in [-0.15, -0.1) is 0 Å². The van der Waals surface area contributed by atoms with Crippen LogP contribution in [0.15, 0.2) is 109 Å². The van der Waals surface area contributed by atoms with Gasteiger partial charge in [0.25, 0.3) is 0 Å². The van der Waals surface area contributed by atoms with E-state index in [1.165, 1.54) is 24.3 Å². The normalized spacial score (nSPS) is 12.9. The Morgan fingerprint density at radius 3 is 1.16 bits per heavy atom. The lowest BCUT2D eigenvalue weighted by Gasteiger charge is -2.18. The van der Waals surface area contributed by atoms with Gasteiger partial charge in [0.1, 0.15) is 11.5 Å². The van der Waals surface area contributed by atoms with Gasteiger partial charge >= 0.3 is 12.4 Å². The Morgan fingerprint density at radius 2 is 0.776 bits per heavy atom. The third kappa shape index (κ3) is 6.77. The first-order valence-electron chi connectivity index (χ1n) is 15.3. The van der Waals surface area contributed by atoms with Crippen molar-refractivity contribution in [3.8, 4) is 46.3 Å². The van der Waals surface area contributed by atoms with E-state index in [9.17, 15) is 26.3 Å². The molecule has 6 aromatic rings. The second-order valence-corrected chi connectivity index (χ2v) is 11.4. The zero-order valence-corrected chi connectivity index (χ0v) is 25.6. The first-order valence-corrected chi connectivity index (χ1v) is 15.3. The lowest BCUT2D eigenvalue weighted by Crippen LogP contribution is -2.04. The highest BCUT2D eigenvalue weighted by molar-refractivity contribution is 6.10. The Morgan fingerprint density at radius 1 is 0.429 bits per heavy atom. The van der Waals surface area contributed by atoms with E-state index in [1.54, 1.807) is 0 Å². The molecule has 0 unspecified atom stereocenters. The first kappa shape index (κ1) is 31.7. The van der Waals surface area contributed by atoms with Gasteiger partial charge in [-0.25, -0.2) is 0 Å². The largest absolute Gasteiger partial charge is 0.493 e. The molecule has 7 rings (SSSR count). The highest BCUT2D eigenvalue weighted by Gasteiger charge is 2.30. The summed E-state index contributed by atoms with van der Waals surface area (Å²) in [5, 5.41) is 3.53. The number of benzene rings is 6. The minimum Gasteiger partial charge on any atom is -0.493 e. The Labute approximate surface area is 277 Å². The summed E-state index contributed by atoms with van der Waals surface area (Å²) in [6, 6.07) is 28.7. The maximum absolute atomic E-state index is 13.0. The molecular weight excluding hydrogens is 638 g/mol. The van der Waals surface area contributed by atoms with Gasteiger partial charge in [0.15, 0.2) is 0 Å². The van der Waals surface area contributed by atoms with Crippen LogP contribution in [0.4, 0.5) is 26.3 Å². The molecule has 0 aromatic heterocycles. The molecule has 0 spiro atoms. The minimum atomic E-state index is -4.43. The molecule has 1 aliphatic heterocycles. The minimum absolute atomic E-state index is 0.432. The zero-order chi connectivity index (χ0) is 34.2. The Hall–Kier alpha value is -5.86. The van der Waals surface area contributed by atoms with E-state index in [1.807, 2.05) is 60.7 Å². The number of halogens is 6. The van der Waals surface area contributed by atoms with Crippen LogP contribution in [0.2, 0.25) is 0 Å². The molecular formula is C41H24F6O2. The molecule has 0 N–H and O–H groups in total. The highest BCUT2D eigenvalue weighted by Crippen LogP contribution is 2.46. The van der Waals surface area contributed by atoms with Crippen molar-refractivity contribution in [1.29, 1.82) is 0 Å². The quantitative estimate of drug-likeness (QED) is 0.119. The van der Waals surface area contributed by atoms with E-state index in [4.69, 9.17) is 9.47 Å². The average molecular weight is 663 g/mol. The van der Waals surface area contributed by atoms with Crippen LogP contribution < -0.4 is 9.47 Å². The summed E-state index contributed by atoms with van der Waals surface area (Å²) >= 11 is 0. The van der Waals surface area contributed by atoms with E-state index < -0.39 is 23.5 Å². The third-order valence-corrected chi connectivity index (χ3v) is 8.15. The van der Waals surface area contributed by atoms with E-state index >= 15 is 0 Å². The maximum Gasteiger partial charge on any atom is 0.416 e. The third-order valence-electron chi connectivity index (χ3n) is 8.15. The van der Waals surface area contributed by atoms with Gasteiger partial charge in [0.05, 0.1) is 24.3 Å². The van der Waals surface area contributed by atoms with Crippen molar-refractivity contribution < 1.29 is 35.8 Å². The first-order chi connectivity index (χ1) is 23.5. The van der Waals surface area contributed by atoms with Crippen molar-refractivity contribution in [2.75, 3.05) is 13.2 Å². The lowest BCUT2D eigenvalue weighted by atomic mass is 9.90. The van der Waals surface area contributed by atoms with Gasteiger partial charge < -0.3 is 9.47 Å². The topological polar surface area (TPSA) is 18.5 Å². The molecule has 0 bridgehead atoms. The molecule has 1 aliphatic rings. The molecule has 0 fully saturated rings. The summed E-state index contributed by atoms with van der Waals surface area (Å²) in [5.41, 5.74) is 2.34. The van der Waals surface area contributed by atoms with Crippen LogP contribution >= 0.6 is 0 Å². The Balaban J connectivity index is 1.35. The molecule has 0 aliphatic carbocycles. The standard InChI is InChI=1S/C41H24F6O2/c42-40(43,44)32-16-8-26(9-17-32)2-4-28-6-12-30-14-20-36-38(34(30)24-28)39-35-25-29(5-3-27-10-18-33(19-11-27)41(45,46)47)7-13-31(35)15-21-37(39)49-23-1-22-48-36/h6-21,24-25H,1,22-23H2. The second kappa shape index (κ2) is 12.6. The Kier molecular flexibility index (Phi) is 8.18. The van der Waals surface area contributed by atoms with E-state index in [0.29, 0.717) is 53.4 Å². The predicted octanol–water partition coefficient (Wildman–Crippen LogP) is 10.7. The summed E-state index contributed by atoms with van der Waals surface area (Å²) in [6.45, 7) is 0.864. The fraction of sp³-hybridized carbons (Fsp3) is 0.122. The van der Waals surface area contributed by atoms with Gasteiger partial charge in [-0.2, -0.15) is 26.3 Å². The van der Waals surface area contributed by atoms with Crippen LogP contribution in [-0.2, 0) is 12.4 Å². The summed E-state index contributed by atoms with van der Waals surface area (Å²) in [6.07, 6.45) is -8.19. The monoisotopic (exact) mass is 662 g/mol. The van der Waals surface area contributed by atoms with Gasteiger partial charge in [0.2, 0.25) is 0 Å². The second-order valence-electron chi connectivity index (χ2n) is 11.4. The molecule has 6 aromatic carbocycles. The number of fused-ring (bicyclic) bond motifs is 7. The number of rotatable bonds is 0. The smallest absolute Gasteiger partial charge is 0.416 e. The van der Waals surface area contributed by atoms with Gasteiger partial charge in [-0.3, -0.25) is 0 Å². The van der Waals surface area contributed by atoms with Gasteiger partial charge in [0, 0.05) is 39.8 Å². The number of hydrogen-bond donors (Lipinski definition) is 0. The molecule has 8 heteroatoms. The predicted molar refractivity (Wildman–Crippen MR) is 177 cm³/mol. The van der Waals surface area contributed by atoms with Crippen LogP contribution in [-0.4, -0.2) is 13.2 Å². The zero-order valence-electron chi connectivity index (χ0n) is 25.6. The molecule has 0 saturated carbocycles. The Bertz CT molecular complexity index is 2160. The van der Waals surface area contributed by atoms with Crippen LogP contribution in [0.25, 0.3) is 32.7 Å². The lowest BCUT2D eigenvalue weighted by molar-refractivity contribution is -0.138. The van der Waals surface area contributed by atoms with Crippen molar-refractivity contribution in [2.24, 2.45) is 0 Å². The van der Waals surface area contributed by atoms with Gasteiger partial charge in [-0.05, 0) is 106 Å². The maximum atomic E-state index is 13.0. The van der Waals surface area contributed by atoms with E-state index in [-0.39, 0.29) is 0 Å². The summed E-state index contributed by atoms with van der Waals surface area (Å²) < 4.78 is 90.7. The molecule has 242 valence electrons. The number of alkyl halides is 6. The van der Waals surface area contributed by atoms with Crippen molar-refractivity contribution >= 4 is 21.5 Å². The molecule has 0 amide bonds. The molecule has 0 atom stereocenters. The van der Waals surface area contributed by atoms with Crippen molar-refractivity contribution in [1.82, 2.24) is 0 Å². The molecule has 2 nitrogen and oxygen atoms in total. The number of ether oxygens (including phenoxy) is 2. The summed E-state index contributed by atoms with van der Waals surface area (Å²) in [7, 11) is 0. The van der Waals surface area contributed by atoms with Crippen LogP contribution in [0, 0.1) is 23.7 Å². The highest BCUT2D eigenvalue weighted by atomic mass is 19.4. The van der Waals surface area contributed by atoms with E-state index in [2.05, 4.69) is 23.7 Å². The van der Waals surface area contributed by atoms with Crippen molar-refractivity contribution in [3.63, 3.8) is 0 Å². The van der Waals surface area contributed by atoms with Crippen molar-refractivity contribution in [2.45, 2.75) is 18.8 Å². The van der Waals surface area contributed by atoms with Crippen molar-refractivity contribution in [3.05, 3.63) is 143 Å². The van der Waals surface area contributed by atoms with Crippen LogP contribution in [0.1, 0.15) is 39.8 Å². The van der Waals surface area contributed by atoms with Crippen LogP contribution in [0.5, 0.6) is 11.5 Å². The van der Waals surface area contributed by atoms with Gasteiger partial charge in [-0.1, -0.05) is 47.9 Å². The van der Waals surface area contributed by atoms with Crippen LogP contribution in [0.3, 0.4) is 0 Å². The molecule has 0 saturated heterocycles. The summed E-state index contributed by atoms with van der Waals surface area (Å²) in [4.78, 5) is 0. The molecule has 49 heavy (non-hydrogen) atoms. The fourth-order valence-electron chi connectivity index (χ4n) is 5.71. The summed E-state index contributed by atoms with van der Waals surface area (Å²) in [5.74, 6) is 13.4. The average Bonchev–Trinajstić information content (AvgIpc) is 3.18. The molecule has 0 radical (unpaired) electrons.